The van der Waals surface area contributed by atoms with Gasteiger partial charge in [0, 0.05) is 13.1 Å². The number of aliphatic imine (C=N–C) groups is 2. The molecular weight excluding hydrogens is 332 g/mol. The highest BCUT2D eigenvalue weighted by molar-refractivity contribution is 5.67. The van der Waals surface area contributed by atoms with Gasteiger partial charge in [0.15, 0.2) is 0 Å². The molecule has 6 nitrogen and oxygen atoms in total. The molecule has 0 unspecified atom stereocenters. The molecule has 0 N–H and O–H groups in total. The van der Waals surface area contributed by atoms with Gasteiger partial charge in [0.1, 0.15) is 0 Å². The van der Waals surface area contributed by atoms with Gasteiger partial charge in [-0.1, -0.05) is 39.5 Å². The second-order valence-corrected chi connectivity index (χ2v) is 5.98. The molecule has 26 heavy (non-hydrogen) atoms. The summed E-state index contributed by atoms with van der Waals surface area (Å²) in [6.07, 6.45) is 9.45. The molecule has 0 fully saturated rings. The van der Waals surface area contributed by atoms with Crippen LogP contribution in [0.25, 0.3) is 0 Å². The predicted molar refractivity (Wildman–Crippen MR) is 108 cm³/mol. The van der Waals surface area contributed by atoms with Crippen molar-refractivity contribution < 1.29 is 18.9 Å². The minimum absolute atomic E-state index is 0.441. The zero-order valence-electron chi connectivity index (χ0n) is 17.4. The minimum atomic E-state index is 0.441. The van der Waals surface area contributed by atoms with Gasteiger partial charge in [-0.2, -0.15) is 0 Å². The van der Waals surface area contributed by atoms with Crippen LogP contribution in [0.2, 0.25) is 0 Å². The molecular formula is C20H40N2O4. The lowest BCUT2D eigenvalue weighted by Gasteiger charge is -2.09. The minimum Gasteiger partial charge on any atom is -0.451 e. The van der Waals surface area contributed by atoms with E-state index < -0.39 is 0 Å². The first-order chi connectivity index (χ1) is 12.8. The average Bonchev–Trinajstić information content (AvgIpc) is 2.64. The summed E-state index contributed by atoms with van der Waals surface area (Å²) < 4.78 is 21.9. The van der Waals surface area contributed by atoms with Crippen molar-refractivity contribution >= 4 is 12.2 Å². The summed E-state index contributed by atoms with van der Waals surface area (Å²) in [6.45, 7) is 12.2. The molecule has 0 amide bonds. The Morgan fingerprint density at radius 2 is 0.962 bits per heavy atom. The van der Waals surface area contributed by atoms with E-state index in [0.29, 0.717) is 38.6 Å². The normalized spacial score (nSPS) is 12.2. The summed E-state index contributed by atoms with van der Waals surface area (Å²) >= 11 is 0. The first kappa shape index (κ1) is 24.5. The summed E-state index contributed by atoms with van der Waals surface area (Å²) in [5.74, 6) is 0. The lowest BCUT2D eigenvalue weighted by atomic mass is 10.2. The Labute approximate surface area is 160 Å². The molecule has 0 aliphatic rings. The molecule has 0 heterocycles. The topological polar surface area (TPSA) is 61.6 Å². The number of nitrogens with zero attached hydrogens (tertiary/aromatic N) is 2. The van der Waals surface area contributed by atoms with Crippen LogP contribution in [-0.4, -0.2) is 51.7 Å². The van der Waals surface area contributed by atoms with E-state index in [4.69, 9.17) is 18.9 Å². The predicted octanol–water partition coefficient (Wildman–Crippen LogP) is 4.97. The third-order valence-electron chi connectivity index (χ3n) is 3.53. The smallest absolute Gasteiger partial charge is 0.383 e. The van der Waals surface area contributed by atoms with E-state index in [1.54, 1.807) is 0 Å². The van der Waals surface area contributed by atoms with Crippen LogP contribution in [0.15, 0.2) is 9.98 Å². The van der Waals surface area contributed by atoms with Crippen molar-refractivity contribution in [3.8, 4) is 0 Å². The molecule has 0 radical (unpaired) electrons. The van der Waals surface area contributed by atoms with Gasteiger partial charge in [0.2, 0.25) is 0 Å². The van der Waals surface area contributed by atoms with Crippen molar-refractivity contribution in [2.24, 2.45) is 9.98 Å². The third kappa shape index (κ3) is 16.0. The van der Waals surface area contributed by atoms with E-state index in [9.17, 15) is 0 Å². The zero-order chi connectivity index (χ0) is 19.3. The molecule has 0 rings (SSSR count). The maximum Gasteiger partial charge on any atom is 0.383 e. The molecule has 0 atom stereocenters. The van der Waals surface area contributed by atoms with Crippen molar-refractivity contribution in [3.05, 3.63) is 0 Å². The van der Waals surface area contributed by atoms with Gasteiger partial charge >= 0.3 is 12.2 Å². The van der Waals surface area contributed by atoms with E-state index in [0.717, 1.165) is 64.5 Å². The Morgan fingerprint density at radius 3 is 1.31 bits per heavy atom. The molecule has 0 spiro atoms. The molecule has 0 aromatic carbocycles. The van der Waals surface area contributed by atoms with Crippen LogP contribution in [0, 0.1) is 0 Å². The van der Waals surface area contributed by atoms with Gasteiger partial charge in [-0.3, -0.25) is 0 Å². The summed E-state index contributed by atoms with van der Waals surface area (Å²) in [4.78, 5) is 8.80. The van der Waals surface area contributed by atoms with E-state index in [2.05, 4.69) is 23.8 Å². The van der Waals surface area contributed by atoms with Crippen molar-refractivity contribution in [3.63, 3.8) is 0 Å². The largest absolute Gasteiger partial charge is 0.451 e. The van der Waals surface area contributed by atoms with Gasteiger partial charge in [-0.15, -0.1) is 0 Å². The molecule has 0 bridgehead atoms. The fraction of sp³-hybridized carbons (Fsp3) is 0.900. The van der Waals surface area contributed by atoms with Gasteiger partial charge < -0.3 is 18.9 Å². The lowest BCUT2D eigenvalue weighted by molar-refractivity contribution is 0.168. The maximum atomic E-state index is 5.54. The molecule has 154 valence electrons. The third-order valence-corrected chi connectivity index (χ3v) is 3.53. The van der Waals surface area contributed by atoms with Crippen LogP contribution < -0.4 is 0 Å². The monoisotopic (exact) mass is 372 g/mol. The van der Waals surface area contributed by atoms with E-state index in [-0.39, 0.29) is 0 Å². The second kappa shape index (κ2) is 19.9. The van der Waals surface area contributed by atoms with Crippen molar-refractivity contribution in [2.45, 2.75) is 79.1 Å². The molecule has 6 heteroatoms. The van der Waals surface area contributed by atoms with Gasteiger partial charge in [-0.25, -0.2) is 9.98 Å². The Balaban J connectivity index is 3.84. The SMILES string of the molecule is CCCCOC(=NCCCCCCN=C(OCC)OCCCC)OCC. The van der Waals surface area contributed by atoms with E-state index in [1.807, 2.05) is 13.8 Å². The number of hydrogen-bond donors (Lipinski definition) is 0. The van der Waals surface area contributed by atoms with Crippen molar-refractivity contribution in [1.29, 1.82) is 0 Å². The number of ether oxygens (including phenoxy) is 4. The van der Waals surface area contributed by atoms with Crippen molar-refractivity contribution in [2.75, 3.05) is 39.5 Å². The van der Waals surface area contributed by atoms with Crippen LogP contribution in [0.3, 0.4) is 0 Å². The number of hydrogen-bond acceptors (Lipinski definition) is 6. The standard InChI is InChI=1S/C20H40N2O4/c1-5-9-17-25-19(23-7-3)21-15-13-11-12-14-16-22-20(24-8-4)26-18-10-6-2/h5-18H2,1-4H3. The Morgan fingerprint density at radius 1 is 0.538 bits per heavy atom. The fourth-order valence-electron chi connectivity index (χ4n) is 2.04. The number of unbranched alkanes of at least 4 members (excludes halogenated alkanes) is 5. The van der Waals surface area contributed by atoms with Crippen LogP contribution >= 0.6 is 0 Å². The fourth-order valence-corrected chi connectivity index (χ4v) is 2.04. The van der Waals surface area contributed by atoms with Gasteiger partial charge in [0.25, 0.3) is 0 Å². The van der Waals surface area contributed by atoms with Gasteiger partial charge in [0.05, 0.1) is 26.4 Å². The summed E-state index contributed by atoms with van der Waals surface area (Å²) in [7, 11) is 0. The number of rotatable bonds is 15. The quantitative estimate of drug-likeness (QED) is 0.231. The first-order valence-corrected chi connectivity index (χ1v) is 10.4. The van der Waals surface area contributed by atoms with Gasteiger partial charge in [-0.05, 0) is 39.5 Å². The van der Waals surface area contributed by atoms with E-state index in [1.165, 1.54) is 0 Å². The highest BCUT2D eigenvalue weighted by Crippen LogP contribution is 2.02. The van der Waals surface area contributed by atoms with Crippen LogP contribution in [0.1, 0.15) is 79.1 Å². The Kier molecular flexibility index (Phi) is 18.7. The lowest BCUT2D eigenvalue weighted by Crippen LogP contribution is -2.12. The summed E-state index contributed by atoms with van der Waals surface area (Å²) in [5, 5.41) is 0. The Hall–Kier alpha value is -1.46. The summed E-state index contributed by atoms with van der Waals surface area (Å²) in [5.41, 5.74) is 0. The van der Waals surface area contributed by atoms with Crippen LogP contribution in [0.5, 0.6) is 0 Å². The molecule has 0 aromatic heterocycles. The maximum absolute atomic E-state index is 5.54. The molecule has 0 aliphatic heterocycles. The van der Waals surface area contributed by atoms with Crippen molar-refractivity contribution in [1.82, 2.24) is 0 Å². The van der Waals surface area contributed by atoms with Crippen LogP contribution in [-0.2, 0) is 18.9 Å². The second-order valence-electron chi connectivity index (χ2n) is 5.98. The first-order valence-electron chi connectivity index (χ1n) is 10.4. The van der Waals surface area contributed by atoms with Crippen LogP contribution in [0.4, 0.5) is 0 Å². The zero-order valence-corrected chi connectivity index (χ0v) is 17.4. The highest BCUT2D eigenvalue weighted by Gasteiger charge is 2.01. The molecule has 0 saturated heterocycles. The molecule has 0 aromatic rings. The molecule has 0 aliphatic carbocycles. The molecule has 0 saturated carbocycles. The Bertz CT molecular complexity index is 326. The average molecular weight is 373 g/mol. The van der Waals surface area contributed by atoms with E-state index >= 15 is 0 Å². The highest BCUT2D eigenvalue weighted by atomic mass is 16.7. The summed E-state index contributed by atoms with van der Waals surface area (Å²) in [6, 6.07) is 0.